The predicted octanol–water partition coefficient (Wildman–Crippen LogP) is 0.335. The third-order valence-electron chi connectivity index (χ3n) is 3.12. The van der Waals surface area contributed by atoms with Gasteiger partial charge in [0.25, 0.3) is 0 Å². The lowest BCUT2D eigenvalue weighted by molar-refractivity contribution is 0.192. The summed E-state index contributed by atoms with van der Waals surface area (Å²) in [7, 11) is -3.46. The standard InChI is InChI=1S/C10H17N3O3S/c14-6-4-9-3-1-2-5-13(9)17(15,16)10-7-11-12-8-10/h7-9,14H,1-6H2,(H,11,12). The summed E-state index contributed by atoms with van der Waals surface area (Å²) in [5, 5.41) is 15.2. The Morgan fingerprint density at radius 3 is 3.00 bits per heavy atom. The SMILES string of the molecule is O=S(=O)(c1cn[nH]c1)N1CCCCC1CCO. The molecular weight excluding hydrogens is 242 g/mol. The fourth-order valence-electron chi connectivity index (χ4n) is 2.24. The largest absolute Gasteiger partial charge is 0.396 e. The average molecular weight is 259 g/mol. The summed E-state index contributed by atoms with van der Waals surface area (Å²) in [4.78, 5) is 0.197. The van der Waals surface area contributed by atoms with Crippen LogP contribution in [0.15, 0.2) is 17.3 Å². The maximum atomic E-state index is 12.3. The lowest BCUT2D eigenvalue weighted by atomic mass is 10.0. The van der Waals surface area contributed by atoms with E-state index in [9.17, 15) is 8.42 Å². The first-order valence-electron chi connectivity index (χ1n) is 5.78. The number of nitrogens with one attached hydrogen (secondary N) is 1. The molecule has 7 heteroatoms. The zero-order valence-corrected chi connectivity index (χ0v) is 10.4. The lowest BCUT2D eigenvalue weighted by Gasteiger charge is -2.33. The first-order chi connectivity index (χ1) is 8.16. The third-order valence-corrected chi connectivity index (χ3v) is 5.03. The Morgan fingerprint density at radius 1 is 1.53 bits per heavy atom. The molecule has 1 saturated heterocycles. The van der Waals surface area contributed by atoms with Gasteiger partial charge in [0.15, 0.2) is 0 Å². The summed E-state index contributed by atoms with van der Waals surface area (Å²) in [6.07, 6.45) is 5.91. The number of H-pyrrole nitrogens is 1. The molecule has 1 aliphatic rings. The number of piperidine rings is 1. The van der Waals surface area contributed by atoms with E-state index in [0.717, 1.165) is 19.3 Å². The molecule has 1 aromatic heterocycles. The number of rotatable bonds is 4. The Bertz CT molecular complexity index is 441. The van der Waals surface area contributed by atoms with Gasteiger partial charge in [0.1, 0.15) is 4.90 Å². The Hall–Kier alpha value is -0.920. The van der Waals surface area contributed by atoms with E-state index < -0.39 is 10.0 Å². The monoisotopic (exact) mass is 259 g/mol. The number of aromatic nitrogens is 2. The number of aromatic amines is 1. The highest BCUT2D eigenvalue weighted by molar-refractivity contribution is 7.89. The van der Waals surface area contributed by atoms with Crippen LogP contribution >= 0.6 is 0 Å². The van der Waals surface area contributed by atoms with Crippen molar-refractivity contribution in [2.75, 3.05) is 13.2 Å². The highest BCUT2D eigenvalue weighted by Gasteiger charge is 2.33. The van der Waals surface area contributed by atoms with Crippen LogP contribution in [-0.4, -0.2) is 47.2 Å². The maximum Gasteiger partial charge on any atom is 0.246 e. The van der Waals surface area contributed by atoms with Gasteiger partial charge in [0, 0.05) is 25.4 Å². The molecule has 6 nitrogen and oxygen atoms in total. The molecule has 0 aliphatic carbocycles. The summed E-state index contributed by atoms with van der Waals surface area (Å²) in [6.45, 7) is 0.542. The predicted molar refractivity (Wildman–Crippen MR) is 61.8 cm³/mol. The fourth-order valence-corrected chi connectivity index (χ4v) is 3.87. The van der Waals surface area contributed by atoms with Gasteiger partial charge < -0.3 is 5.11 Å². The Morgan fingerprint density at radius 2 is 2.35 bits per heavy atom. The van der Waals surface area contributed by atoms with Crippen molar-refractivity contribution in [2.24, 2.45) is 0 Å². The van der Waals surface area contributed by atoms with Crippen LogP contribution in [-0.2, 0) is 10.0 Å². The fraction of sp³-hybridized carbons (Fsp3) is 0.700. The van der Waals surface area contributed by atoms with Crippen molar-refractivity contribution in [2.45, 2.75) is 36.6 Å². The molecule has 0 aromatic carbocycles. The van der Waals surface area contributed by atoms with E-state index in [1.165, 1.54) is 16.7 Å². The van der Waals surface area contributed by atoms with Gasteiger partial charge in [-0.1, -0.05) is 6.42 Å². The second-order valence-electron chi connectivity index (χ2n) is 4.21. The van der Waals surface area contributed by atoms with Crippen LogP contribution in [0.5, 0.6) is 0 Å². The number of nitrogens with zero attached hydrogens (tertiary/aromatic N) is 2. The summed E-state index contributed by atoms with van der Waals surface area (Å²) < 4.78 is 26.1. The van der Waals surface area contributed by atoms with Crippen molar-refractivity contribution >= 4 is 10.0 Å². The van der Waals surface area contributed by atoms with Crippen LogP contribution in [0, 0.1) is 0 Å². The van der Waals surface area contributed by atoms with Gasteiger partial charge in [-0.3, -0.25) is 5.10 Å². The Balaban J connectivity index is 2.24. The molecule has 2 rings (SSSR count). The molecule has 96 valence electrons. The van der Waals surface area contributed by atoms with Gasteiger partial charge in [0.05, 0.1) is 6.20 Å². The van der Waals surface area contributed by atoms with Gasteiger partial charge >= 0.3 is 0 Å². The molecule has 0 saturated carbocycles. The number of aliphatic hydroxyl groups is 1. The zero-order valence-electron chi connectivity index (χ0n) is 9.54. The van der Waals surface area contributed by atoms with Crippen LogP contribution in [0.2, 0.25) is 0 Å². The Kier molecular flexibility index (Phi) is 3.80. The summed E-state index contributed by atoms with van der Waals surface area (Å²) in [5.74, 6) is 0. The highest BCUT2D eigenvalue weighted by Crippen LogP contribution is 2.26. The average Bonchev–Trinajstić information content (AvgIpc) is 2.84. The van der Waals surface area contributed by atoms with Gasteiger partial charge in [-0.15, -0.1) is 0 Å². The quantitative estimate of drug-likeness (QED) is 0.816. The second-order valence-corrected chi connectivity index (χ2v) is 6.10. The number of hydrogen-bond acceptors (Lipinski definition) is 4. The van der Waals surface area contributed by atoms with Crippen LogP contribution in [0.25, 0.3) is 0 Å². The van der Waals surface area contributed by atoms with Crippen LogP contribution in [0.1, 0.15) is 25.7 Å². The lowest BCUT2D eigenvalue weighted by Crippen LogP contribution is -2.43. The van der Waals surface area contributed by atoms with Crippen LogP contribution in [0.4, 0.5) is 0 Å². The van der Waals surface area contributed by atoms with E-state index in [4.69, 9.17) is 5.11 Å². The van der Waals surface area contributed by atoms with Gasteiger partial charge in [0.2, 0.25) is 10.0 Å². The molecule has 1 aromatic rings. The first kappa shape index (κ1) is 12.5. The topological polar surface area (TPSA) is 86.3 Å². The van der Waals surface area contributed by atoms with E-state index >= 15 is 0 Å². The van der Waals surface area contributed by atoms with Crippen molar-refractivity contribution in [1.82, 2.24) is 14.5 Å². The molecule has 0 spiro atoms. The summed E-state index contributed by atoms with van der Waals surface area (Å²) in [5.41, 5.74) is 0. The molecule has 1 fully saturated rings. The van der Waals surface area contributed by atoms with Crippen molar-refractivity contribution in [1.29, 1.82) is 0 Å². The first-order valence-corrected chi connectivity index (χ1v) is 7.22. The minimum Gasteiger partial charge on any atom is -0.396 e. The van der Waals surface area contributed by atoms with Crippen LogP contribution in [0.3, 0.4) is 0 Å². The van der Waals surface area contributed by atoms with E-state index in [-0.39, 0.29) is 17.5 Å². The Labute approximate surface area is 101 Å². The molecule has 2 heterocycles. The van der Waals surface area contributed by atoms with Crippen molar-refractivity contribution in [3.8, 4) is 0 Å². The maximum absolute atomic E-state index is 12.3. The normalized spacial score (nSPS) is 22.8. The van der Waals surface area contributed by atoms with Crippen LogP contribution < -0.4 is 0 Å². The molecule has 0 radical (unpaired) electrons. The second kappa shape index (κ2) is 5.16. The zero-order chi connectivity index (χ0) is 12.3. The molecular formula is C10H17N3O3S. The minimum absolute atomic E-state index is 0.0159. The van der Waals surface area contributed by atoms with Gasteiger partial charge in [-0.05, 0) is 19.3 Å². The smallest absolute Gasteiger partial charge is 0.246 e. The summed E-state index contributed by atoms with van der Waals surface area (Å²) in [6, 6.07) is -0.0892. The molecule has 2 N–H and O–H groups in total. The van der Waals surface area contributed by atoms with Crippen molar-refractivity contribution in [3.63, 3.8) is 0 Å². The molecule has 1 unspecified atom stereocenters. The minimum atomic E-state index is -3.46. The van der Waals surface area contributed by atoms with Gasteiger partial charge in [-0.2, -0.15) is 9.40 Å². The van der Waals surface area contributed by atoms with E-state index in [2.05, 4.69) is 10.2 Å². The van der Waals surface area contributed by atoms with Gasteiger partial charge in [-0.25, -0.2) is 8.42 Å². The van der Waals surface area contributed by atoms with E-state index in [1.54, 1.807) is 0 Å². The molecule has 0 bridgehead atoms. The highest BCUT2D eigenvalue weighted by atomic mass is 32.2. The molecule has 0 amide bonds. The van der Waals surface area contributed by atoms with E-state index in [0.29, 0.717) is 13.0 Å². The van der Waals surface area contributed by atoms with Crippen molar-refractivity contribution < 1.29 is 13.5 Å². The molecule has 1 atom stereocenters. The molecule has 17 heavy (non-hydrogen) atoms. The number of hydrogen-bond donors (Lipinski definition) is 2. The number of sulfonamides is 1. The third kappa shape index (κ3) is 2.51. The van der Waals surface area contributed by atoms with Crippen molar-refractivity contribution in [3.05, 3.63) is 12.4 Å². The molecule has 1 aliphatic heterocycles. The summed E-state index contributed by atoms with van der Waals surface area (Å²) >= 11 is 0. The van der Waals surface area contributed by atoms with E-state index in [1.807, 2.05) is 0 Å². The number of aliphatic hydroxyl groups excluding tert-OH is 1.